The van der Waals surface area contributed by atoms with Gasteiger partial charge in [-0.05, 0) is 31.0 Å². The molecule has 1 N–H and O–H groups in total. The molecule has 0 amide bonds. The average Bonchev–Trinajstić information content (AvgIpc) is 2.37. The van der Waals surface area contributed by atoms with Gasteiger partial charge in [0.05, 0.1) is 0 Å². The predicted molar refractivity (Wildman–Crippen MR) is 80.3 cm³/mol. The lowest BCUT2D eigenvalue weighted by Crippen LogP contribution is -2.21. The van der Waals surface area contributed by atoms with E-state index in [1.165, 1.54) is 10.5 Å². The number of nitrogens with one attached hydrogen (secondary N) is 1. The Morgan fingerprint density at radius 3 is 2.56 bits per heavy atom. The maximum Gasteiger partial charge on any atom is 0.0473 e. The lowest BCUT2D eigenvalue weighted by Gasteiger charge is -2.08. The van der Waals surface area contributed by atoms with Gasteiger partial charge in [-0.15, -0.1) is 11.8 Å². The second-order valence-corrected chi connectivity index (χ2v) is 5.75. The molecule has 1 aromatic carbocycles. The molecular formula is C15H25NOS. The zero-order valence-electron chi connectivity index (χ0n) is 11.7. The third-order valence-electron chi connectivity index (χ3n) is 2.54. The second kappa shape index (κ2) is 9.42. The highest BCUT2D eigenvalue weighted by atomic mass is 32.2. The molecule has 0 aromatic heterocycles. The van der Waals surface area contributed by atoms with Crippen molar-refractivity contribution in [1.82, 2.24) is 5.32 Å². The molecule has 0 aliphatic heterocycles. The lowest BCUT2D eigenvalue weighted by atomic mass is 10.2. The number of ether oxygens (including phenoxy) is 1. The summed E-state index contributed by atoms with van der Waals surface area (Å²) in [5.74, 6) is 1.13. The normalized spacial score (nSPS) is 11.1. The van der Waals surface area contributed by atoms with Crippen molar-refractivity contribution in [3.63, 3.8) is 0 Å². The van der Waals surface area contributed by atoms with Gasteiger partial charge < -0.3 is 10.1 Å². The van der Waals surface area contributed by atoms with Crippen LogP contribution in [0.15, 0.2) is 29.2 Å². The minimum Gasteiger partial charge on any atom is -0.382 e. The SMILES string of the molecule is CCOCCCSc1ccc(CNC(C)C)cc1. The maximum absolute atomic E-state index is 5.32. The smallest absolute Gasteiger partial charge is 0.0473 e. The van der Waals surface area contributed by atoms with Gasteiger partial charge in [-0.1, -0.05) is 26.0 Å². The Morgan fingerprint density at radius 1 is 1.22 bits per heavy atom. The van der Waals surface area contributed by atoms with Crippen molar-refractivity contribution in [3.8, 4) is 0 Å². The fourth-order valence-electron chi connectivity index (χ4n) is 1.52. The quantitative estimate of drug-likeness (QED) is 0.544. The summed E-state index contributed by atoms with van der Waals surface area (Å²) >= 11 is 1.90. The first-order valence-electron chi connectivity index (χ1n) is 6.75. The molecule has 102 valence electrons. The molecule has 1 rings (SSSR count). The summed E-state index contributed by atoms with van der Waals surface area (Å²) in [4.78, 5) is 1.35. The Morgan fingerprint density at radius 2 is 1.94 bits per heavy atom. The van der Waals surface area contributed by atoms with Crippen molar-refractivity contribution in [3.05, 3.63) is 29.8 Å². The minimum absolute atomic E-state index is 0.539. The van der Waals surface area contributed by atoms with Gasteiger partial charge in [0.2, 0.25) is 0 Å². The van der Waals surface area contributed by atoms with E-state index >= 15 is 0 Å². The lowest BCUT2D eigenvalue weighted by molar-refractivity contribution is 0.149. The van der Waals surface area contributed by atoms with Crippen LogP contribution in [0.4, 0.5) is 0 Å². The van der Waals surface area contributed by atoms with Crippen LogP contribution in [0.1, 0.15) is 32.8 Å². The van der Waals surface area contributed by atoms with Crippen LogP contribution in [0.5, 0.6) is 0 Å². The summed E-state index contributed by atoms with van der Waals surface area (Å²) in [5, 5.41) is 3.42. The molecule has 0 fully saturated rings. The average molecular weight is 267 g/mol. The van der Waals surface area contributed by atoms with Crippen LogP contribution in [-0.2, 0) is 11.3 Å². The highest BCUT2D eigenvalue weighted by molar-refractivity contribution is 7.99. The zero-order valence-corrected chi connectivity index (χ0v) is 12.6. The molecule has 0 spiro atoms. The summed E-state index contributed by atoms with van der Waals surface area (Å²) in [6, 6.07) is 9.38. The molecule has 1 aromatic rings. The van der Waals surface area contributed by atoms with E-state index in [0.717, 1.165) is 31.9 Å². The number of thioether (sulfide) groups is 1. The molecule has 18 heavy (non-hydrogen) atoms. The van der Waals surface area contributed by atoms with Crippen molar-refractivity contribution in [1.29, 1.82) is 0 Å². The topological polar surface area (TPSA) is 21.3 Å². The highest BCUT2D eigenvalue weighted by Gasteiger charge is 1.97. The number of rotatable bonds is 9. The summed E-state index contributed by atoms with van der Waals surface area (Å²) in [6.07, 6.45) is 1.12. The van der Waals surface area contributed by atoms with E-state index in [-0.39, 0.29) is 0 Å². The summed E-state index contributed by atoms with van der Waals surface area (Å²) in [6.45, 7) is 9.03. The summed E-state index contributed by atoms with van der Waals surface area (Å²) in [7, 11) is 0. The molecule has 0 atom stereocenters. The van der Waals surface area contributed by atoms with E-state index in [0.29, 0.717) is 6.04 Å². The third kappa shape index (κ3) is 7.04. The van der Waals surface area contributed by atoms with Crippen molar-refractivity contribution in [2.45, 2.75) is 44.7 Å². The Balaban J connectivity index is 2.23. The first-order chi connectivity index (χ1) is 8.72. The molecule has 0 saturated heterocycles. The van der Waals surface area contributed by atoms with Gasteiger partial charge in [-0.25, -0.2) is 0 Å². The van der Waals surface area contributed by atoms with Crippen molar-refractivity contribution >= 4 is 11.8 Å². The fraction of sp³-hybridized carbons (Fsp3) is 0.600. The standard InChI is InChI=1S/C15H25NOS/c1-4-17-10-5-11-18-15-8-6-14(7-9-15)12-16-13(2)3/h6-9,13,16H,4-5,10-12H2,1-3H3. The molecule has 0 unspecified atom stereocenters. The van der Waals surface area contributed by atoms with Crippen LogP contribution in [0.25, 0.3) is 0 Å². The van der Waals surface area contributed by atoms with E-state index in [9.17, 15) is 0 Å². The number of hydrogen-bond acceptors (Lipinski definition) is 3. The first-order valence-corrected chi connectivity index (χ1v) is 7.73. The number of benzene rings is 1. The molecule has 0 heterocycles. The van der Waals surface area contributed by atoms with Gasteiger partial charge in [0, 0.05) is 36.4 Å². The number of hydrogen-bond donors (Lipinski definition) is 1. The molecule has 0 bridgehead atoms. The van der Waals surface area contributed by atoms with Crippen LogP contribution in [0.2, 0.25) is 0 Å². The van der Waals surface area contributed by atoms with Gasteiger partial charge in [0.1, 0.15) is 0 Å². The molecule has 3 heteroatoms. The molecule has 0 aliphatic carbocycles. The van der Waals surface area contributed by atoms with E-state index in [1.807, 2.05) is 18.7 Å². The Labute approximate surface area is 116 Å². The van der Waals surface area contributed by atoms with Crippen molar-refractivity contribution in [2.24, 2.45) is 0 Å². The van der Waals surface area contributed by atoms with Gasteiger partial charge >= 0.3 is 0 Å². The zero-order chi connectivity index (χ0) is 13.2. The second-order valence-electron chi connectivity index (χ2n) is 4.58. The fourth-order valence-corrected chi connectivity index (χ4v) is 2.35. The van der Waals surface area contributed by atoms with E-state index < -0.39 is 0 Å². The molecule has 2 nitrogen and oxygen atoms in total. The van der Waals surface area contributed by atoms with Crippen molar-refractivity contribution < 1.29 is 4.74 Å². The van der Waals surface area contributed by atoms with Gasteiger partial charge in [0.15, 0.2) is 0 Å². The molecular weight excluding hydrogens is 242 g/mol. The Hall–Kier alpha value is -0.510. The van der Waals surface area contributed by atoms with Crippen LogP contribution < -0.4 is 5.32 Å². The van der Waals surface area contributed by atoms with E-state index in [1.54, 1.807) is 0 Å². The largest absolute Gasteiger partial charge is 0.382 e. The van der Waals surface area contributed by atoms with Crippen LogP contribution >= 0.6 is 11.8 Å². The third-order valence-corrected chi connectivity index (χ3v) is 3.64. The Bertz CT molecular complexity index is 311. The van der Waals surface area contributed by atoms with Gasteiger partial charge in [-0.2, -0.15) is 0 Å². The highest BCUT2D eigenvalue weighted by Crippen LogP contribution is 2.19. The van der Waals surface area contributed by atoms with Gasteiger partial charge in [0.25, 0.3) is 0 Å². The van der Waals surface area contributed by atoms with Crippen LogP contribution in [0.3, 0.4) is 0 Å². The molecule has 0 radical (unpaired) electrons. The van der Waals surface area contributed by atoms with Crippen LogP contribution in [0, 0.1) is 0 Å². The summed E-state index contributed by atoms with van der Waals surface area (Å²) in [5.41, 5.74) is 1.35. The van der Waals surface area contributed by atoms with E-state index in [2.05, 4.69) is 43.4 Å². The van der Waals surface area contributed by atoms with E-state index in [4.69, 9.17) is 4.74 Å². The molecule has 0 aliphatic rings. The monoisotopic (exact) mass is 267 g/mol. The maximum atomic E-state index is 5.32. The predicted octanol–water partition coefficient (Wildman–Crippen LogP) is 3.70. The van der Waals surface area contributed by atoms with Crippen molar-refractivity contribution in [2.75, 3.05) is 19.0 Å². The molecule has 0 saturated carbocycles. The van der Waals surface area contributed by atoms with Gasteiger partial charge in [-0.3, -0.25) is 0 Å². The Kier molecular flexibility index (Phi) is 8.14. The summed E-state index contributed by atoms with van der Waals surface area (Å²) < 4.78 is 5.32. The van der Waals surface area contributed by atoms with Crippen LogP contribution in [-0.4, -0.2) is 25.0 Å². The minimum atomic E-state index is 0.539. The first kappa shape index (κ1) is 15.5.